The molecule has 1 aromatic heterocycles. The maximum Gasteiger partial charge on any atom is 0.265 e. The minimum absolute atomic E-state index is 0.0684. The molecule has 1 aliphatic rings. The number of hydrogen-bond donors (Lipinski definition) is 0. The van der Waals surface area contributed by atoms with Crippen LogP contribution in [0.4, 0.5) is 14.5 Å². The van der Waals surface area contributed by atoms with Crippen molar-refractivity contribution in [2.24, 2.45) is 4.99 Å². The lowest BCUT2D eigenvalue weighted by Crippen LogP contribution is -2.06. The van der Waals surface area contributed by atoms with E-state index in [2.05, 4.69) is 16.1 Å². The zero-order chi connectivity index (χ0) is 16.9. The lowest BCUT2D eigenvalue weighted by molar-refractivity contribution is 0.150. The van der Waals surface area contributed by atoms with Crippen molar-refractivity contribution >= 4 is 11.4 Å². The van der Waals surface area contributed by atoms with Crippen molar-refractivity contribution in [2.75, 3.05) is 0 Å². The van der Waals surface area contributed by atoms with Gasteiger partial charge in [-0.2, -0.15) is 0 Å². The third-order valence-electron chi connectivity index (χ3n) is 3.95. The van der Waals surface area contributed by atoms with Crippen molar-refractivity contribution < 1.29 is 8.78 Å². The van der Waals surface area contributed by atoms with Gasteiger partial charge in [0.25, 0.3) is 6.43 Å². The number of rotatable bonds is 4. The topological polar surface area (TPSA) is 25.2 Å². The molecule has 0 bridgehead atoms. The smallest absolute Gasteiger partial charge is 0.259 e. The molecule has 1 aromatic carbocycles. The fourth-order valence-electron chi connectivity index (χ4n) is 2.67. The maximum absolute atomic E-state index is 13.1. The van der Waals surface area contributed by atoms with Crippen LogP contribution in [0.25, 0.3) is 0 Å². The van der Waals surface area contributed by atoms with Gasteiger partial charge < -0.3 is 0 Å². The molecule has 3 rings (SSSR count). The molecule has 0 N–H and O–H groups in total. The van der Waals surface area contributed by atoms with Crippen LogP contribution in [-0.4, -0.2) is 10.7 Å². The Hall–Kier alpha value is -2.62. The van der Waals surface area contributed by atoms with Gasteiger partial charge in [0.2, 0.25) is 0 Å². The SMILES string of the molecule is Cc1ncc(/N=C(/C2=CC=CCC2)c2ccccc2)cc1C(F)F. The van der Waals surface area contributed by atoms with Crippen molar-refractivity contribution in [2.45, 2.75) is 26.2 Å². The van der Waals surface area contributed by atoms with E-state index in [9.17, 15) is 8.78 Å². The molecule has 24 heavy (non-hydrogen) atoms. The summed E-state index contributed by atoms with van der Waals surface area (Å²) < 4.78 is 26.2. The summed E-state index contributed by atoms with van der Waals surface area (Å²) in [5.74, 6) is 0. The standard InChI is InChI=1S/C20H18F2N2/c1-14-18(20(21)22)12-17(13-23-14)24-19(15-8-4-2-5-9-15)16-10-6-3-7-11-16/h2-6,8-10,12-13,20H,7,11H2,1H3/b24-19+. The summed E-state index contributed by atoms with van der Waals surface area (Å²) in [5, 5.41) is 0. The van der Waals surface area contributed by atoms with Crippen LogP contribution >= 0.6 is 0 Å². The molecule has 2 aromatic rings. The van der Waals surface area contributed by atoms with Gasteiger partial charge in [0.15, 0.2) is 0 Å². The number of pyridine rings is 1. The summed E-state index contributed by atoms with van der Waals surface area (Å²) in [6.45, 7) is 1.58. The highest BCUT2D eigenvalue weighted by Crippen LogP contribution is 2.27. The normalized spacial score (nSPS) is 14.8. The fourth-order valence-corrected chi connectivity index (χ4v) is 2.67. The zero-order valence-electron chi connectivity index (χ0n) is 13.4. The molecule has 1 heterocycles. The molecule has 2 nitrogen and oxygen atoms in total. The predicted octanol–water partition coefficient (Wildman–Crippen LogP) is 5.72. The number of alkyl halides is 2. The Labute approximate surface area is 140 Å². The van der Waals surface area contributed by atoms with Crippen LogP contribution < -0.4 is 0 Å². The molecule has 0 amide bonds. The van der Waals surface area contributed by atoms with Gasteiger partial charge >= 0.3 is 0 Å². The van der Waals surface area contributed by atoms with E-state index < -0.39 is 6.43 Å². The minimum Gasteiger partial charge on any atom is -0.259 e. The molecule has 1 aliphatic carbocycles. The Morgan fingerprint density at radius 1 is 1.21 bits per heavy atom. The molecule has 0 saturated heterocycles. The molecule has 0 spiro atoms. The van der Waals surface area contributed by atoms with E-state index in [1.54, 1.807) is 13.1 Å². The van der Waals surface area contributed by atoms with E-state index in [1.165, 1.54) is 6.07 Å². The molecule has 0 saturated carbocycles. The first-order valence-corrected chi connectivity index (χ1v) is 7.90. The quantitative estimate of drug-likeness (QED) is 0.660. The molecule has 0 fully saturated rings. The van der Waals surface area contributed by atoms with Crippen molar-refractivity contribution in [1.82, 2.24) is 4.98 Å². The maximum atomic E-state index is 13.1. The van der Waals surface area contributed by atoms with Crippen LogP contribution in [-0.2, 0) is 0 Å². The number of aryl methyl sites for hydroxylation is 1. The number of halogens is 2. The first kappa shape index (κ1) is 16.2. The van der Waals surface area contributed by atoms with E-state index in [-0.39, 0.29) is 5.56 Å². The van der Waals surface area contributed by atoms with Gasteiger partial charge in [-0.3, -0.25) is 4.98 Å². The Bertz CT molecular complexity index is 806. The molecule has 0 atom stereocenters. The third-order valence-corrected chi connectivity index (χ3v) is 3.95. The fraction of sp³-hybridized carbons (Fsp3) is 0.200. The van der Waals surface area contributed by atoms with E-state index >= 15 is 0 Å². The second-order valence-electron chi connectivity index (χ2n) is 5.65. The van der Waals surface area contributed by atoms with Crippen LogP contribution in [0.3, 0.4) is 0 Å². The molecule has 0 aliphatic heterocycles. The monoisotopic (exact) mass is 324 g/mol. The van der Waals surface area contributed by atoms with Gasteiger partial charge in [-0.25, -0.2) is 13.8 Å². The Morgan fingerprint density at radius 3 is 2.67 bits per heavy atom. The summed E-state index contributed by atoms with van der Waals surface area (Å²) in [6.07, 6.45) is 6.97. The van der Waals surface area contributed by atoms with E-state index in [0.29, 0.717) is 11.4 Å². The van der Waals surface area contributed by atoms with E-state index in [1.807, 2.05) is 42.5 Å². The summed E-state index contributed by atoms with van der Waals surface area (Å²) in [4.78, 5) is 8.73. The van der Waals surface area contributed by atoms with Crippen LogP contribution in [0.15, 0.2) is 71.4 Å². The minimum atomic E-state index is -2.55. The van der Waals surface area contributed by atoms with Crippen molar-refractivity contribution in [1.29, 1.82) is 0 Å². The van der Waals surface area contributed by atoms with E-state index in [4.69, 9.17) is 0 Å². The van der Waals surface area contributed by atoms with Gasteiger partial charge in [-0.05, 0) is 31.4 Å². The predicted molar refractivity (Wildman–Crippen MR) is 93.0 cm³/mol. The summed E-state index contributed by atoms with van der Waals surface area (Å²) in [5.41, 5.74) is 3.60. The number of benzene rings is 1. The lowest BCUT2D eigenvalue weighted by Gasteiger charge is -2.13. The summed E-state index contributed by atoms with van der Waals surface area (Å²) in [7, 11) is 0. The van der Waals surface area contributed by atoms with Crippen LogP contribution in [0, 0.1) is 6.92 Å². The van der Waals surface area contributed by atoms with E-state index in [0.717, 1.165) is 29.7 Å². The van der Waals surface area contributed by atoms with Crippen LogP contribution in [0.1, 0.15) is 36.1 Å². The van der Waals surface area contributed by atoms with Crippen molar-refractivity contribution in [3.05, 3.63) is 83.2 Å². The number of aromatic nitrogens is 1. The lowest BCUT2D eigenvalue weighted by atomic mass is 9.95. The average molecular weight is 324 g/mol. The number of aliphatic imine (C=N–C) groups is 1. The Kier molecular flexibility index (Phi) is 4.94. The summed E-state index contributed by atoms with van der Waals surface area (Å²) in [6, 6.07) is 11.2. The Balaban J connectivity index is 2.09. The highest BCUT2D eigenvalue weighted by molar-refractivity contribution is 6.13. The Morgan fingerprint density at radius 2 is 2.00 bits per heavy atom. The first-order chi connectivity index (χ1) is 11.6. The van der Waals surface area contributed by atoms with Gasteiger partial charge in [-0.15, -0.1) is 0 Å². The first-order valence-electron chi connectivity index (χ1n) is 7.90. The van der Waals surface area contributed by atoms with Gasteiger partial charge in [0.05, 0.1) is 17.6 Å². The largest absolute Gasteiger partial charge is 0.265 e. The molecule has 4 heteroatoms. The molecular formula is C20H18F2N2. The highest BCUT2D eigenvalue weighted by Gasteiger charge is 2.14. The van der Waals surface area contributed by atoms with Gasteiger partial charge in [0, 0.05) is 16.8 Å². The van der Waals surface area contributed by atoms with Crippen molar-refractivity contribution in [3.8, 4) is 0 Å². The average Bonchev–Trinajstić information content (AvgIpc) is 2.62. The van der Waals surface area contributed by atoms with Crippen LogP contribution in [0.2, 0.25) is 0 Å². The molecule has 0 unspecified atom stereocenters. The van der Waals surface area contributed by atoms with Gasteiger partial charge in [0.1, 0.15) is 0 Å². The molecule has 0 radical (unpaired) electrons. The number of nitrogens with zero attached hydrogens (tertiary/aromatic N) is 2. The molecule has 122 valence electrons. The second-order valence-corrected chi connectivity index (χ2v) is 5.65. The molecular weight excluding hydrogens is 306 g/mol. The van der Waals surface area contributed by atoms with Gasteiger partial charge in [-0.1, -0.05) is 48.6 Å². The zero-order valence-corrected chi connectivity index (χ0v) is 13.4. The van der Waals surface area contributed by atoms with Crippen LogP contribution in [0.5, 0.6) is 0 Å². The third kappa shape index (κ3) is 3.65. The van der Waals surface area contributed by atoms with Crippen molar-refractivity contribution in [3.63, 3.8) is 0 Å². The second kappa shape index (κ2) is 7.30. The summed E-state index contributed by atoms with van der Waals surface area (Å²) >= 11 is 0. The number of hydrogen-bond acceptors (Lipinski definition) is 2. The number of allylic oxidation sites excluding steroid dienone is 4. The highest BCUT2D eigenvalue weighted by atomic mass is 19.3.